The van der Waals surface area contributed by atoms with Crippen molar-refractivity contribution in [1.82, 2.24) is 4.98 Å². The maximum atomic E-state index is 12.1. The molecule has 1 aromatic heterocycles. The van der Waals surface area contributed by atoms with Gasteiger partial charge in [-0.25, -0.2) is 8.42 Å². The molecule has 140 valence electrons. The summed E-state index contributed by atoms with van der Waals surface area (Å²) in [7, 11) is -3.12. The number of aromatic amines is 1. The summed E-state index contributed by atoms with van der Waals surface area (Å²) in [4.78, 5) is 3.27. The Morgan fingerprint density at radius 3 is 2.59 bits per heavy atom. The summed E-state index contributed by atoms with van der Waals surface area (Å²) < 4.78 is 24.2. The molecule has 0 aliphatic heterocycles. The fraction of sp³-hybridized carbons (Fsp3) is 0.286. The van der Waals surface area contributed by atoms with Gasteiger partial charge < -0.3 is 4.98 Å². The molecule has 1 unspecified atom stereocenters. The van der Waals surface area contributed by atoms with E-state index in [9.17, 15) is 8.42 Å². The van der Waals surface area contributed by atoms with Crippen LogP contribution in [0.4, 0.5) is 0 Å². The van der Waals surface area contributed by atoms with Crippen LogP contribution in [-0.4, -0.2) is 19.2 Å². The number of hydrogen-bond donors (Lipinski definition) is 1. The molecule has 1 N–H and O–H groups in total. The van der Waals surface area contributed by atoms with Crippen molar-refractivity contribution in [3.05, 3.63) is 70.4 Å². The van der Waals surface area contributed by atoms with Crippen molar-refractivity contribution in [2.24, 2.45) is 0 Å². The molecular weight excluding hydrogens is 380 g/mol. The Balaban J connectivity index is 2.08. The van der Waals surface area contributed by atoms with E-state index < -0.39 is 9.84 Å². The van der Waals surface area contributed by atoms with Crippen LogP contribution in [0.25, 0.3) is 10.9 Å². The molecule has 1 atom stereocenters. The second kappa shape index (κ2) is 8.16. The fourth-order valence-corrected chi connectivity index (χ4v) is 4.44. The smallest absolute Gasteiger partial charge is 0.154 e. The van der Waals surface area contributed by atoms with Crippen LogP contribution >= 0.6 is 11.6 Å². The quantitative estimate of drug-likeness (QED) is 0.592. The SMILES string of the molecule is CCS(=O)(=O)Cc1cccc2c(C(CCC#N)c3ccc(Cl)cc3)c[nH]c12. The largest absolute Gasteiger partial charge is 0.361 e. The van der Waals surface area contributed by atoms with E-state index in [1.807, 2.05) is 48.7 Å². The van der Waals surface area contributed by atoms with Gasteiger partial charge in [-0.2, -0.15) is 5.26 Å². The van der Waals surface area contributed by atoms with Crippen molar-refractivity contribution in [2.75, 3.05) is 5.75 Å². The lowest BCUT2D eigenvalue weighted by Crippen LogP contribution is -2.07. The van der Waals surface area contributed by atoms with Crippen LogP contribution in [0.1, 0.15) is 42.4 Å². The molecule has 3 aromatic rings. The van der Waals surface area contributed by atoms with E-state index in [1.54, 1.807) is 6.92 Å². The Morgan fingerprint density at radius 2 is 1.93 bits per heavy atom. The van der Waals surface area contributed by atoms with E-state index in [-0.39, 0.29) is 17.4 Å². The predicted molar refractivity (Wildman–Crippen MR) is 110 cm³/mol. The van der Waals surface area contributed by atoms with Gasteiger partial charge in [-0.1, -0.05) is 48.9 Å². The van der Waals surface area contributed by atoms with Crippen molar-refractivity contribution in [2.45, 2.75) is 31.4 Å². The van der Waals surface area contributed by atoms with Gasteiger partial charge in [0, 0.05) is 40.2 Å². The van der Waals surface area contributed by atoms with E-state index in [0.29, 0.717) is 17.9 Å². The van der Waals surface area contributed by atoms with E-state index in [4.69, 9.17) is 16.9 Å². The molecule has 0 spiro atoms. The number of fused-ring (bicyclic) bond motifs is 1. The summed E-state index contributed by atoms with van der Waals surface area (Å²) >= 11 is 6.02. The number of rotatable bonds is 7. The number of aromatic nitrogens is 1. The van der Waals surface area contributed by atoms with Crippen LogP contribution in [-0.2, 0) is 15.6 Å². The molecule has 27 heavy (non-hydrogen) atoms. The first-order chi connectivity index (χ1) is 12.9. The van der Waals surface area contributed by atoms with E-state index >= 15 is 0 Å². The van der Waals surface area contributed by atoms with Gasteiger partial charge in [-0.3, -0.25) is 0 Å². The van der Waals surface area contributed by atoms with Gasteiger partial charge in [0.1, 0.15) is 0 Å². The van der Waals surface area contributed by atoms with E-state index in [2.05, 4.69) is 11.1 Å². The highest BCUT2D eigenvalue weighted by Crippen LogP contribution is 2.35. The van der Waals surface area contributed by atoms with Crippen molar-refractivity contribution in [1.29, 1.82) is 5.26 Å². The standard InChI is InChI=1S/C21H21ClN2O2S/c1-2-27(25,26)14-16-5-3-6-19-20(13-24-21(16)19)18(7-4-12-23)15-8-10-17(22)11-9-15/h3,5-6,8-11,13,18,24H,2,4,7,14H2,1H3. The third kappa shape index (κ3) is 4.35. The number of sulfone groups is 1. The monoisotopic (exact) mass is 400 g/mol. The molecular formula is C21H21ClN2O2S. The number of nitrogens with one attached hydrogen (secondary N) is 1. The van der Waals surface area contributed by atoms with Crippen molar-refractivity contribution >= 4 is 32.3 Å². The fourth-order valence-electron chi connectivity index (χ4n) is 3.39. The second-order valence-electron chi connectivity index (χ2n) is 6.56. The molecule has 3 rings (SSSR count). The minimum Gasteiger partial charge on any atom is -0.361 e. The molecule has 0 fully saturated rings. The summed E-state index contributed by atoms with van der Waals surface area (Å²) in [5.41, 5.74) is 3.77. The van der Waals surface area contributed by atoms with Crippen molar-refractivity contribution in [3.8, 4) is 6.07 Å². The highest BCUT2D eigenvalue weighted by Gasteiger charge is 2.20. The maximum Gasteiger partial charge on any atom is 0.154 e. The van der Waals surface area contributed by atoms with Crippen LogP contribution < -0.4 is 0 Å². The number of nitriles is 1. The molecule has 0 bridgehead atoms. The first-order valence-electron chi connectivity index (χ1n) is 8.87. The highest BCUT2D eigenvalue weighted by molar-refractivity contribution is 7.90. The topological polar surface area (TPSA) is 73.7 Å². The number of H-pyrrole nitrogens is 1. The number of halogens is 1. The number of nitrogens with zero attached hydrogens (tertiary/aromatic N) is 1. The zero-order chi connectivity index (χ0) is 19.4. The van der Waals surface area contributed by atoms with Crippen LogP contribution in [0.3, 0.4) is 0 Å². The molecule has 1 heterocycles. The van der Waals surface area contributed by atoms with Gasteiger partial charge in [0.15, 0.2) is 9.84 Å². The van der Waals surface area contributed by atoms with Gasteiger partial charge >= 0.3 is 0 Å². The number of para-hydroxylation sites is 1. The first-order valence-corrected chi connectivity index (χ1v) is 11.1. The lowest BCUT2D eigenvalue weighted by atomic mass is 9.87. The average Bonchev–Trinajstić information content (AvgIpc) is 3.08. The molecule has 0 aliphatic carbocycles. The molecule has 0 saturated heterocycles. The molecule has 0 saturated carbocycles. The van der Waals surface area contributed by atoms with Gasteiger partial charge in [0.25, 0.3) is 0 Å². The molecule has 6 heteroatoms. The number of benzene rings is 2. The minimum absolute atomic E-state index is 0.0185. The van der Waals surface area contributed by atoms with Gasteiger partial charge in [-0.15, -0.1) is 0 Å². The van der Waals surface area contributed by atoms with E-state index in [0.717, 1.165) is 27.6 Å². The Morgan fingerprint density at radius 1 is 1.19 bits per heavy atom. The molecule has 0 amide bonds. The summed E-state index contributed by atoms with van der Waals surface area (Å²) in [6.07, 6.45) is 3.05. The van der Waals surface area contributed by atoms with Gasteiger partial charge in [0.2, 0.25) is 0 Å². The van der Waals surface area contributed by atoms with Gasteiger partial charge in [0.05, 0.1) is 11.8 Å². The third-order valence-electron chi connectivity index (χ3n) is 4.84. The molecule has 0 radical (unpaired) electrons. The molecule has 2 aromatic carbocycles. The summed E-state index contributed by atoms with van der Waals surface area (Å²) in [5.74, 6) is 0.172. The Kier molecular flexibility index (Phi) is 5.88. The summed E-state index contributed by atoms with van der Waals surface area (Å²) in [6.45, 7) is 1.66. The lowest BCUT2D eigenvalue weighted by Gasteiger charge is -2.16. The zero-order valence-electron chi connectivity index (χ0n) is 15.1. The molecule has 0 aliphatic rings. The maximum absolute atomic E-state index is 12.1. The summed E-state index contributed by atoms with van der Waals surface area (Å²) in [5, 5.41) is 10.7. The normalized spacial score (nSPS) is 12.8. The third-order valence-corrected chi connectivity index (χ3v) is 6.72. The average molecular weight is 401 g/mol. The Bertz CT molecular complexity index is 1080. The Labute approximate surface area is 164 Å². The summed E-state index contributed by atoms with van der Waals surface area (Å²) in [6, 6.07) is 15.6. The minimum atomic E-state index is -3.12. The second-order valence-corrected chi connectivity index (χ2v) is 9.35. The highest BCUT2D eigenvalue weighted by atomic mass is 35.5. The van der Waals surface area contributed by atoms with Crippen LogP contribution in [0.15, 0.2) is 48.7 Å². The zero-order valence-corrected chi connectivity index (χ0v) is 16.6. The predicted octanol–water partition coefficient (Wildman–Crippen LogP) is 5.19. The van der Waals surface area contributed by atoms with Crippen molar-refractivity contribution < 1.29 is 8.42 Å². The first kappa shape index (κ1) is 19.5. The van der Waals surface area contributed by atoms with E-state index in [1.165, 1.54) is 0 Å². The van der Waals surface area contributed by atoms with Crippen LogP contribution in [0.5, 0.6) is 0 Å². The lowest BCUT2D eigenvalue weighted by molar-refractivity contribution is 0.596. The van der Waals surface area contributed by atoms with Crippen LogP contribution in [0, 0.1) is 11.3 Å². The van der Waals surface area contributed by atoms with Gasteiger partial charge in [-0.05, 0) is 35.2 Å². The Hall–Kier alpha value is -2.29. The van der Waals surface area contributed by atoms with Crippen LogP contribution in [0.2, 0.25) is 5.02 Å². The number of hydrogen-bond acceptors (Lipinski definition) is 3. The van der Waals surface area contributed by atoms with Crippen molar-refractivity contribution in [3.63, 3.8) is 0 Å². The molecule has 4 nitrogen and oxygen atoms in total.